The minimum atomic E-state index is -0.161. The van der Waals surface area contributed by atoms with E-state index in [0.717, 1.165) is 36.5 Å². The van der Waals surface area contributed by atoms with Crippen LogP contribution in [0.2, 0.25) is 0 Å². The van der Waals surface area contributed by atoms with Crippen LogP contribution in [0.4, 0.5) is 5.82 Å². The molecule has 1 amide bonds. The predicted molar refractivity (Wildman–Crippen MR) is 101 cm³/mol. The minimum Gasteiger partial charge on any atom is -0.468 e. The summed E-state index contributed by atoms with van der Waals surface area (Å²) in [7, 11) is 1.86. The van der Waals surface area contributed by atoms with E-state index in [1.54, 1.807) is 6.26 Å². The lowest BCUT2D eigenvalue weighted by Gasteiger charge is -2.18. The SMILES string of the molecule is Cc1c(C#N)c(NC(=O)CN(C)Cc2ccco2)n(CC2CCCO2)c1C. The molecule has 0 aromatic carbocycles. The quantitative estimate of drug-likeness (QED) is 0.810. The fourth-order valence-electron chi connectivity index (χ4n) is 3.49. The summed E-state index contributed by atoms with van der Waals surface area (Å²) >= 11 is 0. The lowest BCUT2D eigenvalue weighted by atomic mass is 10.2. The molecule has 3 rings (SSSR count). The molecule has 0 saturated carbocycles. The summed E-state index contributed by atoms with van der Waals surface area (Å²) in [6, 6.07) is 5.94. The highest BCUT2D eigenvalue weighted by Gasteiger charge is 2.24. The van der Waals surface area contributed by atoms with Crippen LogP contribution in [0.1, 0.15) is 35.4 Å². The van der Waals surface area contributed by atoms with Crippen molar-refractivity contribution in [1.29, 1.82) is 5.26 Å². The minimum absolute atomic E-state index is 0.124. The van der Waals surface area contributed by atoms with Crippen LogP contribution in [0.5, 0.6) is 0 Å². The van der Waals surface area contributed by atoms with Crippen LogP contribution in [0, 0.1) is 25.2 Å². The van der Waals surface area contributed by atoms with Gasteiger partial charge < -0.3 is 19.0 Å². The second-order valence-electron chi connectivity index (χ2n) is 7.09. The molecule has 1 N–H and O–H groups in total. The van der Waals surface area contributed by atoms with Gasteiger partial charge in [0.2, 0.25) is 5.91 Å². The Kier molecular flexibility index (Phi) is 5.99. The number of carbonyl (C=O) groups is 1. The standard InChI is InChI=1S/C20H26N4O3/c1-14-15(2)24(12-17-7-5-9-27-17)20(18(14)10-21)22-19(25)13-23(3)11-16-6-4-8-26-16/h4,6,8,17H,5,7,9,11-13H2,1-3H3,(H,22,25). The van der Waals surface area contributed by atoms with Crippen LogP contribution >= 0.6 is 0 Å². The first-order chi connectivity index (χ1) is 13.0. The molecule has 1 atom stereocenters. The van der Waals surface area contributed by atoms with Crippen LogP contribution in [0.25, 0.3) is 0 Å². The summed E-state index contributed by atoms with van der Waals surface area (Å²) in [4.78, 5) is 14.5. The number of aromatic nitrogens is 1. The van der Waals surface area contributed by atoms with E-state index < -0.39 is 0 Å². The maximum atomic E-state index is 12.6. The lowest BCUT2D eigenvalue weighted by Crippen LogP contribution is -2.31. The molecule has 0 radical (unpaired) electrons. The number of likely N-dealkylation sites (N-methyl/N-ethyl adjacent to an activating group) is 1. The number of anilines is 1. The summed E-state index contributed by atoms with van der Waals surface area (Å²) in [5, 5.41) is 12.5. The number of carbonyl (C=O) groups excluding carboxylic acids is 1. The molecule has 0 spiro atoms. The third-order valence-corrected chi connectivity index (χ3v) is 5.03. The molecular weight excluding hydrogens is 344 g/mol. The van der Waals surface area contributed by atoms with Gasteiger partial charge in [-0.3, -0.25) is 9.69 Å². The number of ether oxygens (including phenoxy) is 1. The van der Waals surface area contributed by atoms with Gasteiger partial charge in [-0.15, -0.1) is 0 Å². The molecular formula is C20H26N4O3. The van der Waals surface area contributed by atoms with Crippen LogP contribution in [-0.2, 0) is 22.6 Å². The van der Waals surface area contributed by atoms with Crippen molar-refractivity contribution >= 4 is 11.7 Å². The van der Waals surface area contributed by atoms with E-state index in [9.17, 15) is 10.1 Å². The topological polar surface area (TPSA) is 83.4 Å². The molecule has 1 unspecified atom stereocenters. The molecule has 2 aromatic rings. The Morgan fingerprint density at radius 2 is 2.30 bits per heavy atom. The molecule has 144 valence electrons. The van der Waals surface area contributed by atoms with E-state index in [-0.39, 0.29) is 18.6 Å². The Bertz CT molecular complexity index is 827. The summed E-state index contributed by atoms with van der Waals surface area (Å²) in [5.41, 5.74) is 2.41. The molecule has 27 heavy (non-hydrogen) atoms. The highest BCUT2D eigenvalue weighted by molar-refractivity contribution is 5.93. The average molecular weight is 370 g/mol. The Balaban J connectivity index is 1.73. The molecule has 7 heteroatoms. The summed E-state index contributed by atoms with van der Waals surface area (Å²) in [6.45, 7) is 6.05. The molecule has 0 aliphatic carbocycles. The smallest absolute Gasteiger partial charge is 0.239 e. The number of nitrogens with zero attached hydrogens (tertiary/aromatic N) is 3. The number of rotatable bonds is 7. The van der Waals surface area contributed by atoms with Crippen molar-refractivity contribution in [2.24, 2.45) is 0 Å². The van der Waals surface area contributed by atoms with Gasteiger partial charge in [-0.05, 0) is 51.4 Å². The van der Waals surface area contributed by atoms with Gasteiger partial charge in [-0.1, -0.05) is 0 Å². The van der Waals surface area contributed by atoms with Gasteiger partial charge in [-0.25, -0.2) is 0 Å². The van der Waals surface area contributed by atoms with E-state index in [1.807, 2.05) is 42.5 Å². The summed E-state index contributed by atoms with van der Waals surface area (Å²) < 4.78 is 13.1. The number of furan rings is 1. The second-order valence-corrected chi connectivity index (χ2v) is 7.09. The van der Waals surface area contributed by atoms with E-state index in [2.05, 4.69) is 11.4 Å². The zero-order valence-electron chi connectivity index (χ0n) is 16.1. The van der Waals surface area contributed by atoms with Gasteiger partial charge in [0.1, 0.15) is 17.6 Å². The second kappa shape index (κ2) is 8.42. The van der Waals surface area contributed by atoms with Gasteiger partial charge >= 0.3 is 0 Å². The fourth-order valence-corrected chi connectivity index (χ4v) is 3.49. The van der Waals surface area contributed by atoms with E-state index in [4.69, 9.17) is 9.15 Å². The average Bonchev–Trinajstić information content (AvgIpc) is 3.35. The summed E-state index contributed by atoms with van der Waals surface area (Å²) in [5.74, 6) is 1.21. The van der Waals surface area contributed by atoms with Crippen molar-refractivity contribution in [1.82, 2.24) is 9.47 Å². The molecule has 2 aromatic heterocycles. The normalized spacial score (nSPS) is 16.6. The Morgan fingerprint density at radius 3 is 2.93 bits per heavy atom. The van der Waals surface area contributed by atoms with Crippen molar-refractivity contribution in [3.8, 4) is 6.07 Å². The van der Waals surface area contributed by atoms with Crippen molar-refractivity contribution < 1.29 is 13.9 Å². The first kappa shape index (κ1) is 19.2. The number of hydrogen-bond donors (Lipinski definition) is 1. The predicted octanol–water partition coefficient (Wildman–Crippen LogP) is 2.82. The zero-order chi connectivity index (χ0) is 19.4. The maximum Gasteiger partial charge on any atom is 0.239 e. The lowest BCUT2D eigenvalue weighted by molar-refractivity contribution is -0.117. The highest BCUT2D eigenvalue weighted by atomic mass is 16.5. The van der Waals surface area contributed by atoms with Crippen LogP contribution in [0.15, 0.2) is 22.8 Å². The van der Waals surface area contributed by atoms with Crippen molar-refractivity contribution in [2.75, 3.05) is 25.5 Å². The van der Waals surface area contributed by atoms with E-state index >= 15 is 0 Å². The molecule has 3 heterocycles. The van der Waals surface area contributed by atoms with Crippen molar-refractivity contribution in [3.05, 3.63) is 41.0 Å². The number of nitriles is 1. The Morgan fingerprint density at radius 1 is 1.48 bits per heavy atom. The van der Waals surface area contributed by atoms with E-state index in [0.29, 0.717) is 24.5 Å². The number of hydrogen-bond acceptors (Lipinski definition) is 5. The number of nitrogens with one attached hydrogen (secondary N) is 1. The summed E-state index contributed by atoms with van der Waals surface area (Å²) in [6.07, 6.45) is 3.79. The van der Waals surface area contributed by atoms with Gasteiger partial charge in [0.05, 0.1) is 37.6 Å². The van der Waals surface area contributed by atoms with Crippen LogP contribution in [0.3, 0.4) is 0 Å². The third kappa shape index (κ3) is 4.41. The molecule has 7 nitrogen and oxygen atoms in total. The van der Waals surface area contributed by atoms with Crippen LogP contribution in [-0.4, -0.2) is 41.7 Å². The van der Waals surface area contributed by atoms with Crippen molar-refractivity contribution in [3.63, 3.8) is 0 Å². The molecule has 0 bridgehead atoms. The zero-order valence-corrected chi connectivity index (χ0v) is 16.1. The van der Waals surface area contributed by atoms with Gasteiger partial charge in [0.15, 0.2) is 0 Å². The monoisotopic (exact) mass is 370 g/mol. The Labute approximate surface area is 159 Å². The molecule has 1 saturated heterocycles. The van der Waals surface area contributed by atoms with E-state index in [1.165, 1.54) is 0 Å². The molecule has 1 aliphatic heterocycles. The third-order valence-electron chi connectivity index (χ3n) is 5.03. The first-order valence-electron chi connectivity index (χ1n) is 9.21. The maximum absolute atomic E-state index is 12.6. The van der Waals surface area contributed by atoms with Gasteiger partial charge in [0.25, 0.3) is 0 Å². The number of amides is 1. The molecule has 1 aliphatic rings. The fraction of sp³-hybridized carbons (Fsp3) is 0.500. The molecule has 1 fully saturated rings. The Hall–Kier alpha value is -2.56. The van der Waals surface area contributed by atoms with Gasteiger partial charge in [-0.2, -0.15) is 5.26 Å². The van der Waals surface area contributed by atoms with Crippen molar-refractivity contribution in [2.45, 2.75) is 45.9 Å². The highest BCUT2D eigenvalue weighted by Crippen LogP contribution is 2.28. The van der Waals surface area contributed by atoms with Gasteiger partial charge in [0, 0.05) is 12.3 Å². The first-order valence-corrected chi connectivity index (χ1v) is 9.21. The largest absolute Gasteiger partial charge is 0.468 e. The van der Waals surface area contributed by atoms with Crippen LogP contribution < -0.4 is 5.32 Å².